The molecule has 3 N–H and O–H groups in total. The summed E-state index contributed by atoms with van der Waals surface area (Å²) in [5, 5.41) is 19.8. The van der Waals surface area contributed by atoms with E-state index < -0.39 is 0 Å². The van der Waals surface area contributed by atoms with Crippen LogP contribution < -0.4 is 5.32 Å². The fourth-order valence-corrected chi connectivity index (χ4v) is 4.08. The maximum Gasteiger partial charge on any atom is 0.110 e. The number of allylic oxidation sites excluding steroid dienone is 4. The van der Waals surface area contributed by atoms with E-state index in [9.17, 15) is 0 Å². The lowest BCUT2D eigenvalue weighted by Gasteiger charge is -2.37. The Bertz CT molecular complexity index is 802. The maximum absolute atomic E-state index is 8.34. The van der Waals surface area contributed by atoms with Gasteiger partial charge < -0.3 is 15.5 Å². The van der Waals surface area contributed by atoms with Gasteiger partial charge >= 0.3 is 0 Å². The SMILES string of the molecule is C=C(C)/C(C)=C/C.C=C(C)C(=C)O.CCCN(C(CC)CC)C1CCNC(C)CC1.CCCO.Cc1ccc(C)cc1. The van der Waals surface area contributed by atoms with Crippen molar-refractivity contribution in [3.63, 3.8) is 0 Å². The highest BCUT2D eigenvalue weighted by Crippen LogP contribution is 2.21. The molecule has 1 saturated heterocycles. The van der Waals surface area contributed by atoms with E-state index in [0.717, 1.165) is 24.1 Å². The molecule has 4 nitrogen and oxygen atoms in total. The number of rotatable bonds is 9. The number of aliphatic hydroxyl groups excluding tert-OH is 2. The highest BCUT2D eigenvalue weighted by Gasteiger charge is 2.25. The summed E-state index contributed by atoms with van der Waals surface area (Å²) < 4.78 is 0. The second-order valence-electron chi connectivity index (χ2n) is 11.4. The second-order valence-corrected chi connectivity index (χ2v) is 11.4. The zero-order valence-corrected chi connectivity index (χ0v) is 29.7. The van der Waals surface area contributed by atoms with Gasteiger partial charge in [-0.25, -0.2) is 0 Å². The maximum atomic E-state index is 8.34. The van der Waals surface area contributed by atoms with Gasteiger partial charge in [-0.3, -0.25) is 4.90 Å². The molecule has 2 rings (SSSR count). The average molecular weight is 587 g/mol. The van der Waals surface area contributed by atoms with Gasteiger partial charge in [-0.05, 0) is 112 Å². The Morgan fingerprint density at radius 2 is 1.36 bits per heavy atom. The Balaban J connectivity index is -0.000000509. The van der Waals surface area contributed by atoms with Crippen molar-refractivity contribution < 1.29 is 10.2 Å². The Kier molecular flexibility index (Phi) is 30.5. The van der Waals surface area contributed by atoms with Crippen LogP contribution in [-0.2, 0) is 0 Å². The molecule has 0 aliphatic carbocycles. The molecule has 1 heterocycles. The Morgan fingerprint density at radius 3 is 1.64 bits per heavy atom. The van der Waals surface area contributed by atoms with Crippen LogP contribution in [0.25, 0.3) is 0 Å². The molecular weight excluding hydrogens is 516 g/mol. The van der Waals surface area contributed by atoms with Gasteiger partial charge in [0.05, 0.1) is 0 Å². The summed E-state index contributed by atoms with van der Waals surface area (Å²) in [4.78, 5) is 2.81. The van der Waals surface area contributed by atoms with E-state index >= 15 is 0 Å². The van der Waals surface area contributed by atoms with Crippen molar-refractivity contribution in [3.05, 3.63) is 83.7 Å². The molecule has 1 aliphatic heterocycles. The molecule has 0 spiro atoms. The van der Waals surface area contributed by atoms with Crippen molar-refractivity contribution in [2.45, 2.75) is 139 Å². The van der Waals surface area contributed by atoms with Gasteiger partial charge in [-0.2, -0.15) is 0 Å². The van der Waals surface area contributed by atoms with Crippen molar-refractivity contribution in [1.82, 2.24) is 10.2 Å². The van der Waals surface area contributed by atoms with Gasteiger partial charge in [0.2, 0.25) is 0 Å². The minimum atomic E-state index is 0.0648. The van der Waals surface area contributed by atoms with Crippen LogP contribution in [0.4, 0.5) is 0 Å². The Hall–Kier alpha value is -2.14. The van der Waals surface area contributed by atoms with E-state index in [1.165, 1.54) is 68.3 Å². The third-order valence-corrected chi connectivity index (χ3v) is 7.31. The van der Waals surface area contributed by atoms with Crippen molar-refractivity contribution in [3.8, 4) is 0 Å². The van der Waals surface area contributed by atoms with E-state index in [0.29, 0.717) is 18.2 Å². The first-order valence-corrected chi connectivity index (χ1v) is 16.2. The standard InChI is InChI=1S/C15H32N2.C8H10.C7H12.C5H8O.C3H8O/c1-5-12-17(14(6-2)7-3)15-9-8-13(4)16-11-10-15;1-7-3-5-8(2)6-4-7;1-5-7(4)6(2)3;1-4(2)5(3)6;1-2-3-4/h13-16H,5-12H2,1-4H3;3-6H,1-2H3;5H,2H2,1,3-4H3;6H,1,3H2,2H3;4H,2-3H2,1H3/b;;7-5+;;. The first-order valence-electron chi connectivity index (χ1n) is 16.2. The number of benzene rings is 1. The third kappa shape index (κ3) is 25.6. The zero-order chi connectivity index (χ0) is 33.1. The van der Waals surface area contributed by atoms with Gasteiger partial charge in [0.1, 0.15) is 5.76 Å². The van der Waals surface area contributed by atoms with Crippen LogP contribution in [0.5, 0.6) is 0 Å². The van der Waals surface area contributed by atoms with Crippen molar-refractivity contribution in [1.29, 1.82) is 0 Å². The summed E-state index contributed by atoms with van der Waals surface area (Å²) in [5.74, 6) is 0.0648. The summed E-state index contributed by atoms with van der Waals surface area (Å²) in [6, 6.07) is 10.8. The molecule has 244 valence electrons. The molecule has 0 bridgehead atoms. The predicted molar refractivity (Wildman–Crippen MR) is 191 cm³/mol. The topological polar surface area (TPSA) is 55.7 Å². The quantitative estimate of drug-likeness (QED) is 0.199. The molecule has 2 atom stereocenters. The van der Waals surface area contributed by atoms with Crippen LogP contribution in [0.15, 0.2) is 72.6 Å². The van der Waals surface area contributed by atoms with E-state index in [-0.39, 0.29) is 5.76 Å². The van der Waals surface area contributed by atoms with Crippen molar-refractivity contribution in [2.75, 3.05) is 19.7 Å². The minimum Gasteiger partial charge on any atom is -0.508 e. The molecule has 1 aromatic carbocycles. The molecule has 1 fully saturated rings. The fourth-order valence-electron chi connectivity index (χ4n) is 4.08. The van der Waals surface area contributed by atoms with Crippen LogP contribution in [-0.4, -0.2) is 52.9 Å². The van der Waals surface area contributed by atoms with E-state index in [2.05, 4.69) is 109 Å². The molecule has 0 saturated carbocycles. The monoisotopic (exact) mass is 587 g/mol. The molecule has 4 heteroatoms. The fraction of sp³-hybridized carbons (Fsp3) is 0.632. The van der Waals surface area contributed by atoms with Crippen molar-refractivity contribution >= 4 is 0 Å². The lowest BCUT2D eigenvalue weighted by atomic mass is 10.0. The van der Waals surface area contributed by atoms with E-state index in [1.807, 2.05) is 20.8 Å². The van der Waals surface area contributed by atoms with E-state index in [1.54, 1.807) is 6.92 Å². The summed E-state index contributed by atoms with van der Waals surface area (Å²) >= 11 is 0. The first kappa shape index (κ1) is 44.3. The number of nitrogens with one attached hydrogen (secondary N) is 1. The summed E-state index contributed by atoms with van der Waals surface area (Å²) in [6.07, 6.45) is 10.9. The van der Waals surface area contributed by atoms with Gasteiger partial charge in [0, 0.05) is 24.7 Å². The van der Waals surface area contributed by atoms with Gasteiger partial charge in [-0.1, -0.05) is 100 Å². The van der Waals surface area contributed by atoms with Gasteiger partial charge in [0.25, 0.3) is 0 Å². The second kappa shape index (κ2) is 29.0. The molecule has 0 aromatic heterocycles. The van der Waals surface area contributed by atoms with Crippen LogP contribution in [0.3, 0.4) is 0 Å². The molecule has 42 heavy (non-hydrogen) atoms. The molecule has 2 unspecified atom stereocenters. The third-order valence-electron chi connectivity index (χ3n) is 7.31. The Labute approximate surface area is 262 Å². The first-order chi connectivity index (χ1) is 19.7. The highest BCUT2D eigenvalue weighted by molar-refractivity contribution is 5.22. The average Bonchev–Trinajstić information content (AvgIpc) is 3.19. The van der Waals surface area contributed by atoms with Gasteiger partial charge in [-0.15, -0.1) is 0 Å². The Morgan fingerprint density at radius 1 is 0.905 bits per heavy atom. The predicted octanol–water partition coefficient (Wildman–Crippen LogP) is 10.3. The summed E-state index contributed by atoms with van der Waals surface area (Å²) in [7, 11) is 0. The largest absolute Gasteiger partial charge is 0.508 e. The molecule has 1 aromatic rings. The molecule has 0 amide bonds. The van der Waals surface area contributed by atoms with E-state index in [4.69, 9.17) is 10.2 Å². The zero-order valence-electron chi connectivity index (χ0n) is 29.7. The molecule has 1 aliphatic rings. The van der Waals surface area contributed by atoms with Gasteiger partial charge in [0.15, 0.2) is 0 Å². The lowest BCUT2D eigenvalue weighted by molar-refractivity contribution is 0.115. The van der Waals surface area contributed by atoms with Crippen LogP contribution in [0.2, 0.25) is 0 Å². The number of nitrogens with zero attached hydrogens (tertiary/aromatic N) is 1. The number of aliphatic hydroxyl groups is 2. The summed E-state index contributed by atoms with van der Waals surface area (Å²) in [5.41, 5.74) is 5.71. The molecular formula is C38H70N2O2. The lowest BCUT2D eigenvalue weighted by Crippen LogP contribution is -2.43. The van der Waals surface area contributed by atoms with Crippen LogP contribution in [0.1, 0.15) is 118 Å². The number of hydrogen-bond donors (Lipinski definition) is 3. The number of aryl methyl sites for hydroxylation is 2. The van der Waals surface area contributed by atoms with Crippen LogP contribution in [0, 0.1) is 13.8 Å². The van der Waals surface area contributed by atoms with Crippen LogP contribution >= 0.6 is 0 Å². The van der Waals surface area contributed by atoms with Crippen molar-refractivity contribution in [2.24, 2.45) is 0 Å². The smallest absolute Gasteiger partial charge is 0.110 e. The normalized spacial score (nSPS) is 16.2. The molecule has 0 radical (unpaired) electrons. The highest BCUT2D eigenvalue weighted by atomic mass is 16.3. The minimum absolute atomic E-state index is 0.0648. The summed E-state index contributed by atoms with van der Waals surface area (Å²) in [6.45, 7) is 36.4. The number of hydrogen-bond acceptors (Lipinski definition) is 4.